The smallest absolute Gasteiger partial charge is 0.146 e. The number of nitrogens with zero attached hydrogens (tertiary/aromatic N) is 2. The molecule has 0 radical (unpaired) electrons. The van der Waals surface area contributed by atoms with E-state index in [9.17, 15) is 4.39 Å². The first kappa shape index (κ1) is 11.3. The summed E-state index contributed by atoms with van der Waals surface area (Å²) in [6.45, 7) is 2.49. The lowest BCUT2D eigenvalue weighted by molar-refractivity contribution is 0.627. The lowest BCUT2D eigenvalue weighted by Crippen LogP contribution is -2.07. The summed E-state index contributed by atoms with van der Waals surface area (Å²) in [6, 6.07) is 5.83. The molecule has 1 aliphatic carbocycles. The van der Waals surface area contributed by atoms with Crippen molar-refractivity contribution in [2.75, 3.05) is 5.32 Å². The number of imidazole rings is 1. The second kappa shape index (κ2) is 4.44. The Hall–Kier alpha value is -1.84. The summed E-state index contributed by atoms with van der Waals surface area (Å²) in [7, 11) is 0. The molecule has 1 heterocycles. The topological polar surface area (TPSA) is 29.9 Å². The van der Waals surface area contributed by atoms with Crippen LogP contribution in [0.5, 0.6) is 0 Å². The van der Waals surface area contributed by atoms with E-state index in [0.29, 0.717) is 18.3 Å². The van der Waals surface area contributed by atoms with Gasteiger partial charge in [-0.15, -0.1) is 0 Å². The first-order chi connectivity index (χ1) is 8.74. The van der Waals surface area contributed by atoms with Gasteiger partial charge in [0.1, 0.15) is 5.82 Å². The van der Waals surface area contributed by atoms with Crippen molar-refractivity contribution < 1.29 is 4.39 Å². The molecule has 1 fully saturated rings. The molecule has 0 saturated heterocycles. The van der Waals surface area contributed by atoms with Crippen molar-refractivity contribution in [3.8, 4) is 0 Å². The quantitative estimate of drug-likeness (QED) is 0.895. The molecule has 1 aromatic carbocycles. The minimum atomic E-state index is -0.201. The summed E-state index contributed by atoms with van der Waals surface area (Å²) in [4.78, 5) is 4.16. The Bertz CT molecular complexity index is 558. The molecule has 4 heteroatoms. The van der Waals surface area contributed by atoms with Crippen LogP contribution >= 0.6 is 0 Å². The van der Waals surface area contributed by atoms with Crippen LogP contribution in [-0.2, 0) is 6.54 Å². The van der Waals surface area contributed by atoms with E-state index in [0.717, 1.165) is 11.3 Å². The van der Waals surface area contributed by atoms with Gasteiger partial charge in [0.15, 0.2) is 0 Å². The highest BCUT2D eigenvalue weighted by atomic mass is 19.1. The number of rotatable bonds is 4. The number of hydrogen-bond donors (Lipinski definition) is 1. The lowest BCUT2D eigenvalue weighted by Gasteiger charge is -2.10. The lowest BCUT2D eigenvalue weighted by atomic mass is 10.2. The van der Waals surface area contributed by atoms with Crippen molar-refractivity contribution in [3.63, 3.8) is 0 Å². The van der Waals surface area contributed by atoms with Crippen LogP contribution in [0.15, 0.2) is 30.7 Å². The molecule has 1 saturated carbocycles. The Morgan fingerprint density at radius 2 is 2.28 bits per heavy atom. The van der Waals surface area contributed by atoms with E-state index in [1.807, 2.05) is 25.5 Å². The molecule has 0 spiro atoms. The first-order valence-corrected chi connectivity index (χ1v) is 6.25. The van der Waals surface area contributed by atoms with E-state index >= 15 is 0 Å². The van der Waals surface area contributed by atoms with Crippen LogP contribution in [0.4, 0.5) is 10.1 Å². The molecule has 3 rings (SSSR count). The molecule has 0 aliphatic heterocycles. The number of aromatic nitrogens is 2. The largest absolute Gasteiger partial charge is 0.377 e. The fourth-order valence-electron chi connectivity index (χ4n) is 2.10. The van der Waals surface area contributed by atoms with Gasteiger partial charge in [0.25, 0.3) is 0 Å². The van der Waals surface area contributed by atoms with Gasteiger partial charge in [0.05, 0.1) is 24.3 Å². The molecule has 0 atom stereocenters. The van der Waals surface area contributed by atoms with Gasteiger partial charge >= 0.3 is 0 Å². The SMILES string of the molecule is Cc1ccc(NCc2cncn2C2CC2)c(F)c1. The number of halogens is 1. The minimum Gasteiger partial charge on any atom is -0.377 e. The van der Waals surface area contributed by atoms with E-state index in [1.165, 1.54) is 12.8 Å². The maximum atomic E-state index is 13.7. The summed E-state index contributed by atoms with van der Waals surface area (Å²) in [5.41, 5.74) is 2.59. The third-order valence-electron chi connectivity index (χ3n) is 3.27. The predicted octanol–water partition coefficient (Wildman–Crippen LogP) is 3.28. The number of nitrogens with one attached hydrogen (secondary N) is 1. The third-order valence-corrected chi connectivity index (χ3v) is 3.27. The van der Waals surface area contributed by atoms with Gasteiger partial charge in [-0.2, -0.15) is 0 Å². The predicted molar refractivity (Wildman–Crippen MR) is 69.0 cm³/mol. The Labute approximate surface area is 106 Å². The van der Waals surface area contributed by atoms with Crippen LogP contribution in [0, 0.1) is 12.7 Å². The van der Waals surface area contributed by atoms with Crippen LogP contribution in [0.25, 0.3) is 0 Å². The fraction of sp³-hybridized carbons (Fsp3) is 0.357. The van der Waals surface area contributed by atoms with E-state index in [-0.39, 0.29) is 5.82 Å². The second-order valence-corrected chi connectivity index (χ2v) is 4.86. The van der Waals surface area contributed by atoms with Crippen molar-refractivity contribution in [1.29, 1.82) is 0 Å². The molecule has 3 nitrogen and oxygen atoms in total. The zero-order valence-electron chi connectivity index (χ0n) is 10.4. The molecular formula is C14H16FN3. The van der Waals surface area contributed by atoms with Crippen LogP contribution < -0.4 is 5.32 Å². The Kier molecular flexibility index (Phi) is 2.78. The average Bonchev–Trinajstić information content (AvgIpc) is 3.08. The van der Waals surface area contributed by atoms with E-state index in [2.05, 4.69) is 14.9 Å². The number of anilines is 1. The van der Waals surface area contributed by atoms with Gasteiger partial charge in [-0.1, -0.05) is 6.07 Å². The van der Waals surface area contributed by atoms with Crippen molar-refractivity contribution in [2.24, 2.45) is 0 Å². The molecule has 1 N–H and O–H groups in total. The molecule has 1 aromatic heterocycles. The van der Waals surface area contributed by atoms with E-state index < -0.39 is 0 Å². The van der Waals surface area contributed by atoms with Crippen molar-refractivity contribution in [2.45, 2.75) is 32.4 Å². The summed E-state index contributed by atoms with van der Waals surface area (Å²) in [5, 5.41) is 3.13. The number of hydrogen-bond acceptors (Lipinski definition) is 2. The van der Waals surface area contributed by atoms with E-state index in [1.54, 1.807) is 12.1 Å². The molecule has 18 heavy (non-hydrogen) atoms. The number of benzene rings is 1. The third kappa shape index (κ3) is 2.23. The van der Waals surface area contributed by atoms with Crippen LogP contribution in [-0.4, -0.2) is 9.55 Å². The molecule has 94 valence electrons. The minimum absolute atomic E-state index is 0.201. The molecule has 0 unspecified atom stereocenters. The van der Waals surface area contributed by atoms with Crippen molar-refractivity contribution >= 4 is 5.69 Å². The Morgan fingerprint density at radius 3 is 3.00 bits per heavy atom. The van der Waals surface area contributed by atoms with Crippen LogP contribution in [0.2, 0.25) is 0 Å². The maximum absolute atomic E-state index is 13.7. The standard InChI is InChI=1S/C14H16FN3/c1-10-2-5-14(13(15)6-10)17-8-12-7-16-9-18(12)11-3-4-11/h2,5-7,9,11,17H,3-4,8H2,1H3. The Balaban J connectivity index is 1.71. The second-order valence-electron chi connectivity index (χ2n) is 4.86. The van der Waals surface area contributed by atoms with E-state index in [4.69, 9.17) is 0 Å². The summed E-state index contributed by atoms with van der Waals surface area (Å²) in [5.74, 6) is -0.201. The Morgan fingerprint density at radius 1 is 1.44 bits per heavy atom. The highest BCUT2D eigenvalue weighted by Crippen LogP contribution is 2.35. The zero-order chi connectivity index (χ0) is 12.5. The summed E-state index contributed by atoms with van der Waals surface area (Å²) >= 11 is 0. The summed E-state index contributed by atoms with van der Waals surface area (Å²) in [6.07, 6.45) is 6.15. The van der Waals surface area contributed by atoms with Gasteiger partial charge in [-0.3, -0.25) is 0 Å². The highest BCUT2D eigenvalue weighted by Gasteiger charge is 2.24. The molecule has 2 aromatic rings. The first-order valence-electron chi connectivity index (χ1n) is 6.25. The van der Waals surface area contributed by atoms with Crippen LogP contribution in [0.1, 0.15) is 30.1 Å². The normalized spacial score (nSPS) is 14.8. The van der Waals surface area contributed by atoms with Crippen molar-refractivity contribution in [3.05, 3.63) is 47.8 Å². The van der Waals surface area contributed by atoms with Gasteiger partial charge < -0.3 is 9.88 Å². The zero-order valence-corrected chi connectivity index (χ0v) is 10.4. The monoisotopic (exact) mass is 245 g/mol. The molecule has 1 aliphatic rings. The van der Waals surface area contributed by atoms with Gasteiger partial charge in [-0.25, -0.2) is 9.37 Å². The van der Waals surface area contributed by atoms with Gasteiger partial charge in [0, 0.05) is 12.2 Å². The average molecular weight is 245 g/mol. The highest BCUT2D eigenvalue weighted by molar-refractivity contribution is 5.46. The molecule has 0 amide bonds. The van der Waals surface area contributed by atoms with Crippen LogP contribution in [0.3, 0.4) is 0 Å². The maximum Gasteiger partial charge on any atom is 0.146 e. The van der Waals surface area contributed by atoms with Crippen molar-refractivity contribution in [1.82, 2.24) is 9.55 Å². The summed E-state index contributed by atoms with van der Waals surface area (Å²) < 4.78 is 15.8. The van der Waals surface area contributed by atoms with Gasteiger partial charge in [0.2, 0.25) is 0 Å². The van der Waals surface area contributed by atoms with Gasteiger partial charge in [-0.05, 0) is 37.5 Å². The fourth-order valence-corrected chi connectivity index (χ4v) is 2.10. The number of aryl methyl sites for hydroxylation is 1. The molecule has 0 bridgehead atoms. The molecular weight excluding hydrogens is 229 g/mol.